The van der Waals surface area contributed by atoms with E-state index in [0.29, 0.717) is 6.61 Å². The second-order valence-electron chi connectivity index (χ2n) is 2.77. The molecule has 2 N–H and O–H groups in total. The number of aromatic amines is 1. The van der Waals surface area contributed by atoms with Crippen LogP contribution in [0.5, 0.6) is 5.75 Å². The number of aromatic nitrogens is 2. The highest BCUT2D eigenvalue weighted by molar-refractivity contribution is 5.75. The highest BCUT2D eigenvalue weighted by Crippen LogP contribution is 2.13. The first kappa shape index (κ1) is 12.0. The summed E-state index contributed by atoms with van der Waals surface area (Å²) in [7, 11) is 1.35. The molecular weight excluding hydrogens is 214 g/mol. The molecule has 0 amide bonds. The van der Waals surface area contributed by atoms with Gasteiger partial charge in [-0.05, 0) is 6.92 Å². The van der Waals surface area contributed by atoms with Crippen LogP contribution in [-0.2, 0) is 9.53 Å². The first-order chi connectivity index (χ1) is 7.69. The zero-order chi connectivity index (χ0) is 12.0. The number of nitrogens with one attached hydrogen (secondary N) is 2. The number of methoxy groups -OCH3 is 1. The smallest absolute Gasteiger partial charge is 0.325 e. The van der Waals surface area contributed by atoms with Crippen molar-refractivity contribution in [1.82, 2.24) is 9.97 Å². The Hall–Kier alpha value is -2.05. The Bertz CT molecular complexity index is 415. The largest absolute Gasteiger partial charge is 0.489 e. The van der Waals surface area contributed by atoms with Gasteiger partial charge in [-0.15, -0.1) is 0 Å². The summed E-state index contributed by atoms with van der Waals surface area (Å²) < 4.78 is 9.56. The number of hydrogen-bond acceptors (Lipinski definition) is 6. The molecule has 7 heteroatoms. The molecule has 0 aliphatic carbocycles. The Morgan fingerprint density at radius 2 is 2.38 bits per heavy atom. The summed E-state index contributed by atoms with van der Waals surface area (Å²) in [6, 6.07) is 0. The summed E-state index contributed by atoms with van der Waals surface area (Å²) in [6.45, 7) is 1.95. The highest BCUT2D eigenvalue weighted by Gasteiger charge is 2.10. The lowest BCUT2D eigenvalue weighted by Crippen LogP contribution is -2.20. The van der Waals surface area contributed by atoms with E-state index in [2.05, 4.69) is 15.3 Å². The molecule has 0 spiro atoms. The van der Waals surface area contributed by atoms with Crippen LogP contribution in [0.25, 0.3) is 0 Å². The van der Waals surface area contributed by atoms with Crippen molar-refractivity contribution in [3.05, 3.63) is 16.7 Å². The number of carbonyl (C=O) groups is 1. The molecule has 0 unspecified atom stereocenters. The fourth-order valence-corrected chi connectivity index (χ4v) is 1.07. The van der Waals surface area contributed by atoms with Crippen LogP contribution >= 0.6 is 0 Å². The van der Waals surface area contributed by atoms with Gasteiger partial charge in [0.2, 0.25) is 5.75 Å². The fraction of sp³-hybridized carbons (Fsp3) is 0.444. The van der Waals surface area contributed by atoms with Crippen LogP contribution in [0.15, 0.2) is 11.1 Å². The predicted molar refractivity (Wildman–Crippen MR) is 56.5 cm³/mol. The third kappa shape index (κ3) is 2.97. The molecule has 1 aromatic heterocycles. The third-order valence-corrected chi connectivity index (χ3v) is 1.72. The molecule has 88 valence electrons. The SMILES string of the molecule is CCOC(=O)CNc1nc[nH]c(=O)c1OC. The minimum atomic E-state index is -0.424. The van der Waals surface area contributed by atoms with E-state index in [1.165, 1.54) is 13.4 Å². The predicted octanol–water partition coefficient (Wildman–Crippen LogP) is -0.246. The van der Waals surface area contributed by atoms with Gasteiger partial charge in [-0.1, -0.05) is 0 Å². The molecule has 1 rings (SSSR count). The van der Waals surface area contributed by atoms with Crippen molar-refractivity contribution in [3.63, 3.8) is 0 Å². The second-order valence-corrected chi connectivity index (χ2v) is 2.77. The Morgan fingerprint density at radius 3 is 3.00 bits per heavy atom. The lowest BCUT2D eigenvalue weighted by atomic mass is 10.5. The van der Waals surface area contributed by atoms with Gasteiger partial charge in [-0.2, -0.15) is 0 Å². The molecule has 0 fully saturated rings. The molecule has 0 bridgehead atoms. The standard InChI is InChI=1S/C9H13N3O4/c1-3-16-6(13)4-10-8-7(15-2)9(14)12-5-11-8/h5H,3-4H2,1-2H3,(H2,10,11,12,14). The van der Waals surface area contributed by atoms with E-state index >= 15 is 0 Å². The summed E-state index contributed by atoms with van der Waals surface area (Å²) in [5.74, 6) is -0.183. The maximum atomic E-state index is 11.3. The van der Waals surface area contributed by atoms with Crippen LogP contribution in [0.3, 0.4) is 0 Å². The highest BCUT2D eigenvalue weighted by atomic mass is 16.5. The van der Waals surface area contributed by atoms with E-state index in [0.717, 1.165) is 0 Å². The molecular formula is C9H13N3O4. The van der Waals surface area contributed by atoms with Gasteiger partial charge in [-0.3, -0.25) is 9.59 Å². The minimum Gasteiger partial charge on any atom is -0.489 e. The van der Waals surface area contributed by atoms with Crippen LogP contribution in [0.1, 0.15) is 6.92 Å². The van der Waals surface area contributed by atoms with Crippen LogP contribution in [0, 0.1) is 0 Å². The number of carbonyl (C=O) groups excluding carboxylic acids is 1. The first-order valence-electron chi connectivity index (χ1n) is 4.70. The number of esters is 1. The minimum absolute atomic E-state index is 0.0341. The van der Waals surface area contributed by atoms with Gasteiger partial charge in [0.05, 0.1) is 20.0 Å². The van der Waals surface area contributed by atoms with Crippen LogP contribution in [0.4, 0.5) is 5.82 Å². The number of H-pyrrole nitrogens is 1. The number of ether oxygens (including phenoxy) is 2. The van der Waals surface area contributed by atoms with Gasteiger partial charge in [0.15, 0.2) is 5.82 Å². The molecule has 0 aliphatic heterocycles. The van der Waals surface area contributed by atoms with E-state index < -0.39 is 11.5 Å². The van der Waals surface area contributed by atoms with E-state index in [1.54, 1.807) is 6.92 Å². The topological polar surface area (TPSA) is 93.3 Å². The van der Waals surface area contributed by atoms with Crippen molar-refractivity contribution >= 4 is 11.8 Å². The summed E-state index contributed by atoms with van der Waals surface area (Å²) in [4.78, 5) is 28.5. The molecule has 0 aliphatic rings. The molecule has 16 heavy (non-hydrogen) atoms. The Morgan fingerprint density at radius 1 is 1.62 bits per heavy atom. The van der Waals surface area contributed by atoms with E-state index in [9.17, 15) is 9.59 Å². The molecule has 0 radical (unpaired) electrons. The summed E-state index contributed by atoms with van der Waals surface area (Å²) in [6.07, 6.45) is 1.22. The zero-order valence-corrected chi connectivity index (χ0v) is 9.07. The van der Waals surface area contributed by atoms with Crippen LogP contribution in [0.2, 0.25) is 0 Å². The summed E-state index contributed by atoms with van der Waals surface area (Å²) in [5.41, 5.74) is -0.413. The van der Waals surface area contributed by atoms with Crippen LogP contribution < -0.4 is 15.6 Å². The number of nitrogens with zero attached hydrogens (tertiary/aromatic N) is 1. The summed E-state index contributed by atoms with van der Waals surface area (Å²) in [5, 5.41) is 2.66. The van der Waals surface area contributed by atoms with Crippen molar-refractivity contribution in [3.8, 4) is 5.75 Å². The quantitative estimate of drug-likeness (QED) is 0.674. The third-order valence-electron chi connectivity index (χ3n) is 1.72. The molecule has 0 aromatic carbocycles. The average Bonchev–Trinajstić information content (AvgIpc) is 2.27. The van der Waals surface area contributed by atoms with Crippen molar-refractivity contribution in [2.45, 2.75) is 6.92 Å². The lowest BCUT2D eigenvalue weighted by Gasteiger charge is -2.07. The van der Waals surface area contributed by atoms with Crippen molar-refractivity contribution in [2.24, 2.45) is 0 Å². The Kier molecular flexibility index (Phi) is 4.31. The van der Waals surface area contributed by atoms with Gasteiger partial charge in [-0.25, -0.2) is 4.98 Å². The van der Waals surface area contributed by atoms with Gasteiger partial charge < -0.3 is 19.8 Å². The zero-order valence-electron chi connectivity index (χ0n) is 9.07. The van der Waals surface area contributed by atoms with E-state index in [4.69, 9.17) is 9.47 Å². The average molecular weight is 227 g/mol. The number of rotatable bonds is 5. The van der Waals surface area contributed by atoms with Gasteiger partial charge in [0.25, 0.3) is 5.56 Å². The molecule has 1 aromatic rings. The monoisotopic (exact) mass is 227 g/mol. The Labute approximate surface area is 91.8 Å². The van der Waals surface area contributed by atoms with Crippen molar-refractivity contribution < 1.29 is 14.3 Å². The molecule has 1 heterocycles. The molecule has 0 saturated heterocycles. The second kappa shape index (κ2) is 5.74. The van der Waals surface area contributed by atoms with E-state index in [1.807, 2.05) is 0 Å². The summed E-state index contributed by atoms with van der Waals surface area (Å²) >= 11 is 0. The first-order valence-corrected chi connectivity index (χ1v) is 4.70. The van der Waals surface area contributed by atoms with Gasteiger partial charge in [0.1, 0.15) is 6.54 Å². The lowest BCUT2D eigenvalue weighted by molar-refractivity contribution is -0.140. The van der Waals surface area contributed by atoms with Crippen molar-refractivity contribution in [2.75, 3.05) is 25.6 Å². The number of anilines is 1. The molecule has 0 atom stereocenters. The maximum Gasteiger partial charge on any atom is 0.325 e. The van der Waals surface area contributed by atoms with Crippen LogP contribution in [-0.4, -0.2) is 36.2 Å². The van der Waals surface area contributed by atoms with Gasteiger partial charge in [0, 0.05) is 0 Å². The maximum absolute atomic E-state index is 11.3. The fourth-order valence-electron chi connectivity index (χ4n) is 1.07. The molecule has 7 nitrogen and oxygen atoms in total. The van der Waals surface area contributed by atoms with E-state index in [-0.39, 0.29) is 18.1 Å². The normalized spacial score (nSPS) is 9.62. The van der Waals surface area contributed by atoms with Crippen molar-refractivity contribution in [1.29, 1.82) is 0 Å². The Balaban J connectivity index is 2.70. The molecule has 0 saturated carbocycles. The van der Waals surface area contributed by atoms with Gasteiger partial charge >= 0.3 is 5.97 Å². The number of hydrogen-bond donors (Lipinski definition) is 2.